The molecule has 0 spiro atoms. The van der Waals surface area contributed by atoms with Gasteiger partial charge < -0.3 is 10.6 Å². The smallest absolute Gasteiger partial charge is 0.315 e. The van der Waals surface area contributed by atoms with Crippen molar-refractivity contribution in [2.24, 2.45) is 5.41 Å². The lowest BCUT2D eigenvalue weighted by atomic mass is 9.82. The fourth-order valence-corrected chi connectivity index (χ4v) is 1.96. The largest absolute Gasteiger partial charge is 0.334 e. The Morgan fingerprint density at radius 3 is 1.95 bits per heavy atom. The van der Waals surface area contributed by atoms with Gasteiger partial charge >= 0.3 is 6.03 Å². The van der Waals surface area contributed by atoms with E-state index in [0.717, 1.165) is 5.56 Å². The first kappa shape index (κ1) is 16.5. The second-order valence-electron chi connectivity index (χ2n) is 7.20. The number of carbonyl (C=O) groups excluding carboxylic acids is 1. The van der Waals surface area contributed by atoms with Gasteiger partial charge in [0.15, 0.2) is 0 Å². The molecular weight excluding hydrogens is 255 g/mol. The molecule has 0 saturated carbocycles. The average molecular weight is 280 g/mol. The molecule has 3 nitrogen and oxygen atoms in total. The summed E-state index contributed by atoms with van der Waals surface area (Å²) in [6.07, 6.45) is 0. The molecule has 0 heterocycles. The Balaban J connectivity index is 2.92. The van der Waals surface area contributed by atoms with Crippen molar-refractivity contribution in [1.29, 1.82) is 0 Å². The van der Waals surface area contributed by atoms with E-state index in [1.807, 2.05) is 41.5 Å². The quantitative estimate of drug-likeness (QED) is 0.844. The summed E-state index contributed by atoms with van der Waals surface area (Å²) in [7, 11) is 0. The van der Waals surface area contributed by atoms with E-state index < -0.39 is 0 Å². The van der Waals surface area contributed by atoms with Crippen LogP contribution in [0.4, 0.5) is 9.18 Å². The highest BCUT2D eigenvalue weighted by atomic mass is 19.1. The highest BCUT2D eigenvalue weighted by Gasteiger charge is 2.28. The number of benzene rings is 1. The lowest BCUT2D eigenvalue weighted by Crippen LogP contribution is -2.49. The van der Waals surface area contributed by atoms with Crippen LogP contribution in [0.25, 0.3) is 0 Å². The molecule has 0 aliphatic heterocycles. The molecule has 1 atom stereocenters. The lowest BCUT2D eigenvalue weighted by Gasteiger charge is -2.33. The van der Waals surface area contributed by atoms with E-state index >= 15 is 0 Å². The molecule has 0 aliphatic rings. The average Bonchev–Trinajstić information content (AvgIpc) is 2.23. The zero-order valence-electron chi connectivity index (χ0n) is 13.2. The van der Waals surface area contributed by atoms with Crippen molar-refractivity contribution in [2.75, 3.05) is 0 Å². The third-order valence-electron chi connectivity index (χ3n) is 2.83. The molecule has 20 heavy (non-hydrogen) atoms. The maximum absolute atomic E-state index is 13.0. The van der Waals surface area contributed by atoms with Gasteiger partial charge in [-0.25, -0.2) is 9.18 Å². The van der Waals surface area contributed by atoms with Crippen molar-refractivity contribution >= 4 is 6.03 Å². The van der Waals surface area contributed by atoms with Gasteiger partial charge in [0.25, 0.3) is 0 Å². The van der Waals surface area contributed by atoms with Gasteiger partial charge in [0.05, 0.1) is 6.04 Å². The van der Waals surface area contributed by atoms with Crippen LogP contribution in [0, 0.1) is 11.2 Å². The molecule has 0 radical (unpaired) electrons. The summed E-state index contributed by atoms with van der Waals surface area (Å²) in [5.74, 6) is -0.277. The molecule has 0 aromatic heterocycles. The Morgan fingerprint density at radius 2 is 1.55 bits per heavy atom. The number of hydrogen-bond donors (Lipinski definition) is 2. The number of rotatable bonds is 2. The van der Waals surface area contributed by atoms with Crippen LogP contribution in [-0.2, 0) is 0 Å². The van der Waals surface area contributed by atoms with Crippen LogP contribution in [0.5, 0.6) is 0 Å². The van der Waals surface area contributed by atoms with Crippen molar-refractivity contribution in [1.82, 2.24) is 10.6 Å². The van der Waals surface area contributed by atoms with Crippen LogP contribution in [-0.4, -0.2) is 11.6 Å². The highest BCUT2D eigenvalue weighted by Crippen LogP contribution is 2.32. The van der Waals surface area contributed by atoms with E-state index in [-0.39, 0.29) is 28.8 Å². The topological polar surface area (TPSA) is 41.1 Å². The molecule has 1 aromatic rings. The summed E-state index contributed by atoms with van der Waals surface area (Å²) in [4.78, 5) is 12.1. The van der Waals surface area contributed by atoms with Gasteiger partial charge in [0, 0.05) is 5.54 Å². The third-order valence-corrected chi connectivity index (χ3v) is 2.83. The summed E-state index contributed by atoms with van der Waals surface area (Å²) in [6, 6.07) is 5.84. The van der Waals surface area contributed by atoms with Crippen molar-refractivity contribution in [3.05, 3.63) is 35.6 Å². The van der Waals surface area contributed by atoms with Crippen LogP contribution in [0.15, 0.2) is 24.3 Å². The maximum atomic E-state index is 13.0. The minimum atomic E-state index is -0.296. The SMILES string of the molecule is CC(C)(C)NC(=O)NC(c1ccc(F)cc1)C(C)(C)C. The van der Waals surface area contributed by atoms with E-state index in [9.17, 15) is 9.18 Å². The summed E-state index contributed by atoms with van der Waals surface area (Å²) in [6.45, 7) is 11.9. The lowest BCUT2D eigenvalue weighted by molar-refractivity contribution is 0.210. The van der Waals surface area contributed by atoms with Crippen molar-refractivity contribution in [3.63, 3.8) is 0 Å². The van der Waals surface area contributed by atoms with Crippen LogP contribution >= 0.6 is 0 Å². The molecule has 1 rings (SSSR count). The highest BCUT2D eigenvalue weighted by molar-refractivity contribution is 5.75. The second kappa shape index (κ2) is 5.81. The molecule has 0 saturated heterocycles. The molecule has 112 valence electrons. The van der Waals surface area contributed by atoms with Gasteiger partial charge in [-0.1, -0.05) is 32.9 Å². The van der Waals surface area contributed by atoms with Gasteiger partial charge in [0.2, 0.25) is 0 Å². The Morgan fingerprint density at radius 1 is 1.05 bits per heavy atom. The number of hydrogen-bond acceptors (Lipinski definition) is 1. The van der Waals surface area contributed by atoms with E-state index in [0.29, 0.717) is 0 Å². The van der Waals surface area contributed by atoms with Crippen LogP contribution in [0.2, 0.25) is 0 Å². The Labute approximate surface area is 121 Å². The minimum Gasteiger partial charge on any atom is -0.334 e. The molecule has 4 heteroatoms. The van der Waals surface area contributed by atoms with Gasteiger partial charge in [-0.2, -0.15) is 0 Å². The first-order valence-electron chi connectivity index (χ1n) is 6.83. The standard InChI is InChI=1S/C16H25FN2O/c1-15(2,3)13(11-7-9-12(17)10-8-11)18-14(20)19-16(4,5)6/h7-10,13H,1-6H3,(H2,18,19,20). The Kier molecular flexibility index (Phi) is 4.79. The summed E-state index contributed by atoms with van der Waals surface area (Å²) >= 11 is 0. The fourth-order valence-electron chi connectivity index (χ4n) is 1.96. The molecular formula is C16H25FN2O. The first-order chi connectivity index (χ1) is 8.99. The third kappa shape index (κ3) is 5.19. The fraction of sp³-hybridized carbons (Fsp3) is 0.562. The maximum Gasteiger partial charge on any atom is 0.315 e. The minimum absolute atomic E-state index is 0.174. The number of urea groups is 1. The summed E-state index contributed by atoms with van der Waals surface area (Å²) in [5.41, 5.74) is 0.422. The van der Waals surface area contributed by atoms with Gasteiger partial charge in [-0.05, 0) is 43.9 Å². The molecule has 0 aliphatic carbocycles. The van der Waals surface area contributed by atoms with E-state index in [1.165, 1.54) is 12.1 Å². The zero-order chi connectivity index (χ0) is 15.6. The molecule has 0 bridgehead atoms. The number of amides is 2. The summed E-state index contributed by atoms with van der Waals surface area (Å²) < 4.78 is 13.0. The normalized spacial score (nSPS) is 13.8. The Hall–Kier alpha value is -1.58. The number of halogens is 1. The molecule has 1 unspecified atom stereocenters. The van der Waals surface area contributed by atoms with E-state index in [4.69, 9.17) is 0 Å². The predicted octanol–water partition coefficient (Wildman–Crippen LogP) is 4.01. The van der Waals surface area contributed by atoms with Crippen molar-refractivity contribution in [3.8, 4) is 0 Å². The first-order valence-corrected chi connectivity index (χ1v) is 6.83. The predicted molar refractivity (Wildman–Crippen MR) is 80.0 cm³/mol. The molecule has 2 amide bonds. The monoisotopic (exact) mass is 280 g/mol. The number of nitrogens with one attached hydrogen (secondary N) is 2. The van der Waals surface area contributed by atoms with Gasteiger partial charge in [0.1, 0.15) is 5.82 Å². The number of carbonyl (C=O) groups is 1. The van der Waals surface area contributed by atoms with E-state index in [2.05, 4.69) is 10.6 Å². The van der Waals surface area contributed by atoms with Crippen molar-refractivity contribution in [2.45, 2.75) is 53.1 Å². The van der Waals surface area contributed by atoms with Gasteiger partial charge in [-0.3, -0.25) is 0 Å². The molecule has 2 N–H and O–H groups in total. The van der Waals surface area contributed by atoms with Crippen LogP contribution in [0.1, 0.15) is 53.1 Å². The molecule has 1 aromatic carbocycles. The zero-order valence-corrected chi connectivity index (χ0v) is 13.2. The van der Waals surface area contributed by atoms with Crippen LogP contribution < -0.4 is 10.6 Å². The van der Waals surface area contributed by atoms with E-state index in [1.54, 1.807) is 12.1 Å². The Bertz CT molecular complexity index is 455. The second-order valence-corrected chi connectivity index (χ2v) is 7.20. The van der Waals surface area contributed by atoms with Crippen LogP contribution in [0.3, 0.4) is 0 Å². The van der Waals surface area contributed by atoms with Crippen molar-refractivity contribution < 1.29 is 9.18 Å². The molecule has 0 fully saturated rings. The van der Waals surface area contributed by atoms with Gasteiger partial charge in [-0.15, -0.1) is 0 Å². The summed E-state index contributed by atoms with van der Waals surface area (Å²) in [5, 5.41) is 5.86.